The Morgan fingerprint density at radius 1 is 1.64 bits per heavy atom. The molecule has 5 heteroatoms. The number of nitrogens with two attached hydrogens (primary N) is 1. The Hall–Kier alpha value is -1.15. The van der Waals surface area contributed by atoms with Gasteiger partial charge in [-0.25, -0.2) is 0 Å². The van der Waals surface area contributed by atoms with Crippen LogP contribution in [0, 0.1) is 11.3 Å². The van der Waals surface area contributed by atoms with E-state index in [1.807, 2.05) is 6.07 Å². The van der Waals surface area contributed by atoms with E-state index in [0.717, 1.165) is 0 Å². The van der Waals surface area contributed by atoms with Crippen molar-refractivity contribution in [1.29, 1.82) is 5.26 Å². The van der Waals surface area contributed by atoms with Crippen molar-refractivity contribution in [3.63, 3.8) is 0 Å². The Balaban J connectivity index is 2.95. The molecule has 0 aliphatic carbocycles. The third-order valence-electron chi connectivity index (χ3n) is 1.78. The molecule has 1 rings (SSSR count). The summed E-state index contributed by atoms with van der Waals surface area (Å²) in [6.45, 7) is -0.230. The SMILES string of the molecule is N#CC[C@@H](N)c1ccc(Cl)c(CO)n1. The van der Waals surface area contributed by atoms with E-state index in [4.69, 9.17) is 27.7 Å². The Morgan fingerprint density at radius 3 is 2.93 bits per heavy atom. The quantitative estimate of drug-likeness (QED) is 0.786. The molecule has 1 heterocycles. The average molecular weight is 212 g/mol. The molecule has 0 bridgehead atoms. The molecule has 0 radical (unpaired) electrons. The molecule has 14 heavy (non-hydrogen) atoms. The Labute approximate surface area is 86.9 Å². The van der Waals surface area contributed by atoms with Crippen LogP contribution in [0.4, 0.5) is 0 Å². The number of aliphatic hydroxyl groups excluding tert-OH is 1. The van der Waals surface area contributed by atoms with Gasteiger partial charge in [0.15, 0.2) is 0 Å². The molecular formula is C9H10ClN3O. The van der Waals surface area contributed by atoms with Gasteiger partial charge in [-0.3, -0.25) is 4.98 Å². The zero-order chi connectivity index (χ0) is 10.6. The van der Waals surface area contributed by atoms with E-state index >= 15 is 0 Å². The van der Waals surface area contributed by atoms with Gasteiger partial charge < -0.3 is 10.8 Å². The summed E-state index contributed by atoms with van der Waals surface area (Å²) in [5.41, 5.74) is 6.63. The molecule has 4 nitrogen and oxygen atoms in total. The fraction of sp³-hybridized carbons (Fsp3) is 0.333. The van der Waals surface area contributed by atoms with Gasteiger partial charge in [0.25, 0.3) is 0 Å². The number of rotatable bonds is 3. The van der Waals surface area contributed by atoms with Crippen molar-refractivity contribution in [2.45, 2.75) is 19.1 Å². The summed E-state index contributed by atoms with van der Waals surface area (Å²) >= 11 is 5.75. The maximum Gasteiger partial charge on any atom is 0.0868 e. The number of halogens is 1. The van der Waals surface area contributed by atoms with E-state index in [9.17, 15) is 0 Å². The second-order valence-corrected chi connectivity index (χ2v) is 3.20. The maximum atomic E-state index is 8.90. The number of nitrogens with zero attached hydrogens (tertiary/aromatic N) is 2. The first-order chi connectivity index (χ1) is 6.69. The second kappa shape index (κ2) is 4.91. The summed E-state index contributed by atoms with van der Waals surface area (Å²) < 4.78 is 0. The van der Waals surface area contributed by atoms with Crippen LogP contribution in [0.15, 0.2) is 12.1 Å². The molecule has 1 aromatic rings. The lowest BCUT2D eigenvalue weighted by Gasteiger charge is -2.08. The molecule has 3 N–H and O–H groups in total. The highest BCUT2D eigenvalue weighted by Crippen LogP contribution is 2.18. The molecule has 0 fully saturated rings. The lowest BCUT2D eigenvalue weighted by Crippen LogP contribution is -2.12. The standard InChI is InChI=1S/C9H10ClN3O/c10-6-1-2-8(7(12)3-4-11)13-9(6)5-14/h1-2,7,14H,3,5,12H2/t7-/m1/s1. The van der Waals surface area contributed by atoms with E-state index in [2.05, 4.69) is 4.98 Å². The highest BCUT2D eigenvalue weighted by Gasteiger charge is 2.09. The van der Waals surface area contributed by atoms with Crippen molar-refractivity contribution in [2.75, 3.05) is 0 Å². The summed E-state index contributed by atoms with van der Waals surface area (Å²) in [4.78, 5) is 4.05. The number of nitriles is 1. The van der Waals surface area contributed by atoms with Gasteiger partial charge in [0.1, 0.15) is 0 Å². The zero-order valence-electron chi connectivity index (χ0n) is 7.44. The fourth-order valence-electron chi connectivity index (χ4n) is 1.02. The third kappa shape index (κ3) is 2.42. The Bertz CT molecular complexity index is 362. The number of aromatic nitrogens is 1. The molecule has 0 saturated carbocycles. The first-order valence-corrected chi connectivity index (χ1v) is 4.45. The van der Waals surface area contributed by atoms with Gasteiger partial charge in [-0.15, -0.1) is 0 Å². The molecule has 0 aliphatic rings. The van der Waals surface area contributed by atoms with E-state index in [1.54, 1.807) is 12.1 Å². The van der Waals surface area contributed by atoms with Crippen LogP contribution in [0.2, 0.25) is 5.02 Å². The summed E-state index contributed by atoms with van der Waals surface area (Å²) in [5.74, 6) is 0. The predicted molar refractivity (Wildman–Crippen MR) is 52.3 cm³/mol. The van der Waals surface area contributed by atoms with Crippen LogP contribution in [0.5, 0.6) is 0 Å². The van der Waals surface area contributed by atoms with E-state index in [0.29, 0.717) is 16.4 Å². The monoisotopic (exact) mass is 211 g/mol. The summed E-state index contributed by atoms with van der Waals surface area (Å²) in [6.07, 6.45) is 0.194. The van der Waals surface area contributed by atoms with Crippen LogP contribution in [0.1, 0.15) is 23.9 Å². The highest BCUT2D eigenvalue weighted by molar-refractivity contribution is 6.31. The van der Waals surface area contributed by atoms with Crippen molar-refractivity contribution in [2.24, 2.45) is 5.73 Å². The van der Waals surface area contributed by atoms with Crippen molar-refractivity contribution in [3.8, 4) is 6.07 Å². The van der Waals surface area contributed by atoms with Crippen LogP contribution < -0.4 is 5.73 Å². The largest absolute Gasteiger partial charge is 0.390 e. The first kappa shape index (κ1) is 10.9. The molecule has 0 spiro atoms. The molecule has 0 aliphatic heterocycles. The van der Waals surface area contributed by atoms with Crippen LogP contribution in [0.25, 0.3) is 0 Å². The van der Waals surface area contributed by atoms with Crippen LogP contribution in [-0.2, 0) is 6.61 Å². The van der Waals surface area contributed by atoms with Gasteiger partial charge in [-0.05, 0) is 12.1 Å². The predicted octanol–water partition coefficient (Wildman–Crippen LogP) is 1.14. The lowest BCUT2D eigenvalue weighted by molar-refractivity contribution is 0.276. The van der Waals surface area contributed by atoms with Gasteiger partial charge in [0.2, 0.25) is 0 Å². The lowest BCUT2D eigenvalue weighted by atomic mass is 10.1. The molecule has 1 atom stereocenters. The zero-order valence-corrected chi connectivity index (χ0v) is 8.20. The topological polar surface area (TPSA) is 82.9 Å². The first-order valence-electron chi connectivity index (χ1n) is 4.07. The number of hydrogen-bond acceptors (Lipinski definition) is 4. The van der Waals surface area contributed by atoms with Crippen molar-refractivity contribution in [1.82, 2.24) is 4.98 Å². The minimum atomic E-state index is -0.428. The number of aliphatic hydroxyl groups is 1. The number of pyridine rings is 1. The highest BCUT2D eigenvalue weighted by atomic mass is 35.5. The van der Waals surface area contributed by atoms with Gasteiger partial charge in [0, 0.05) is 0 Å². The van der Waals surface area contributed by atoms with Crippen LogP contribution in [0.3, 0.4) is 0 Å². The number of hydrogen-bond donors (Lipinski definition) is 2. The minimum absolute atomic E-state index is 0.194. The Morgan fingerprint density at radius 2 is 2.36 bits per heavy atom. The summed E-state index contributed by atoms with van der Waals surface area (Å²) in [5, 5.41) is 17.8. The van der Waals surface area contributed by atoms with Crippen molar-refractivity contribution < 1.29 is 5.11 Å². The van der Waals surface area contributed by atoms with Crippen LogP contribution in [-0.4, -0.2) is 10.1 Å². The average Bonchev–Trinajstić information content (AvgIpc) is 2.19. The van der Waals surface area contributed by atoms with E-state index in [-0.39, 0.29) is 13.0 Å². The molecule has 1 aromatic heterocycles. The van der Waals surface area contributed by atoms with E-state index < -0.39 is 6.04 Å². The summed E-state index contributed by atoms with van der Waals surface area (Å²) in [7, 11) is 0. The van der Waals surface area contributed by atoms with Gasteiger partial charge in [0.05, 0.1) is 41.5 Å². The van der Waals surface area contributed by atoms with Gasteiger partial charge in [-0.2, -0.15) is 5.26 Å². The smallest absolute Gasteiger partial charge is 0.0868 e. The van der Waals surface area contributed by atoms with Crippen molar-refractivity contribution in [3.05, 3.63) is 28.5 Å². The third-order valence-corrected chi connectivity index (χ3v) is 2.13. The Kier molecular flexibility index (Phi) is 3.84. The van der Waals surface area contributed by atoms with Gasteiger partial charge >= 0.3 is 0 Å². The molecule has 0 saturated heterocycles. The summed E-state index contributed by atoms with van der Waals surface area (Å²) in [6, 6.07) is 4.80. The van der Waals surface area contributed by atoms with Crippen LogP contribution >= 0.6 is 11.6 Å². The second-order valence-electron chi connectivity index (χ2n) is 2.79. The molecule has 0 unspecified atom stereocenters. The van der Waals surface area contributed by atoms with Gasteiger partial charge in [-0.1, -0.05) is 11.6 Å². The van der Waals surface area contributed by atoms with Crippen molar-refractivity contribution >= 4 is 11.6 Å². The maximum absolute atomic E-state index is 8.90. The van der Waals surface area contributed by atoms with E-state index in [1.165, 1.54) is 0 Å². The minimum Gasteiger partial charge on any atom is -0.390 e. The molecule has 0 amide bonds. The normalized spacial score (nSPS) is 12.1. The fourth-order valence-corrected chi connectivity index (χ4v) is 1.19. The molecular weight excluding hydrogens is 202 g/mol. The molecule has 74 valence electrons. The molecule has 0 aromatic carbocycles.